The number of fused-ring (bicyclic) bond motifs is 1. The second kappa shape index (κ2) is 9.65. The van der Waals surface area contributed by atoms with Crippen LogP contribution in [0.3, 0.4) is 0 Å². The Labute approximate surface area is 203 Å². The molecule has 0 saturated heterocycles. The Balaban J connectivity index is 1.39. The lowest BCUT2D eigenvalue weighted by atomic mass is 9.83. The minimum atomic E-state index is -1.02. The molecule has 1 fully saturated rings. The lowest BCUT2D eigenvalue weighted by Gasteiger charge is -2.25. The third-order valence-corrected chi connectivity index (χ3v) is 6.52. The summed E-state index contributed by atoms with van der Waals surface area (Å²) < 4.78 is 0. The Bertz CT molecular complexity index is 1280. The van der Waals surface area contributed by atoms with Crippen molar-refractivity contribution >= 4 is 29.0 Å². The van der Waals surface area contributed by atoms with E-state index in [4.69, 9.17) is 4.99 Å². The zero-order valence-corrected chi connectivity index (χ0v) is 19.8. The molecule has 3 aromatic rings. The molecule has 2 heterocycles. The van der Waals surface area contributed by atoms with Gasteiger partial charge in [-0.3, -0.25) is 9.79 Å². The Hall–Kier alpha value is -4.08. The maximum atomic E-state index is 13.3. The first kappa shape index (κ1) is 22.7. The number of aromatic nitrogens is 4. The molecule has 1 aromatic heterocycles. The number of rotatable bonds is 4. The van der Waals surface area contributed by atoms with Gasteiger partial charge < -0.3 is 15.5 Å². The molecule has 0 spiro atoms. The lowest BCUT2D eigenvalue weighted by molar-refractivity contribution is -0.119. The number of carbonyl (C=O) groups is 2. The number of hydrogen-bond acceptors (Lipinski definition) is 6. The number of amides is 3. The molecule has 1 aliphatic heterocycles. The Morgan fingerprint density at radius 2 is 1.83 bits per heavy atom. The third-order valence-electron chi connectivity index (χ3n) is 6.52. The number of para-hydroxylation sites is 1. The predicted octanol–water partition coefficient (Wildman–Crippen LogP) is 3.37. The highest BCUT2D eigenvalue weighted by Gasteiger charge is 2.33. The second-order valence-corrected chi connectivity index (χ2v) is 8.95. The molecular weight excluding hydrogens is 444 g/mol. The molecule has 0 radical (unpaired) electrons. The molecule has 10 nitrogen and oxygen atoms in total. The van der Waals surface area contributed by atoms with Crippen LogP contribution in [0.2, 0.25) is 0 Å². The number of nitrogens with zero attached hydrogens (tertiary/aromatic N) is 6. The van der Waals surface area contributed by atoms with Crippen LogP contribution in [0, 0.1) is 5.92 Å². The summed E-state index contributed by atoms with van der Waals surface area (Å²) in [6.07, 6.45) is 4.56. The standard InChI is InChI=1S/C25H28N8O2/c1-32-20-14-7-6-13-19(20)21(16-9-4-3-5-10-16)27-23(24(32)34)28-25(35)26-18-12-8-11-17(15-18)22-29-31-33(2)30-22/h6-8,11-16,23H,3-5,9-10H2,1-2H3,(H2,26,28,35)/t23-/m0/s1. The minimum absolute atomic E-state index is 0.271. The van der Waals surface area contributed by atoms with Gasteiger partial charge in [0.25, 0.3) is 5.91 Å². The van der Waals surface area contributed by atoms with Crippen LogP contribution < -0.4 is 15.5 Å². The third kappa shape index (κ3) is 4.77. The largest absolute Gasteiger partial charge is 0.321 e. The summed E-state index contributed by atoms with van der Waals surface area (Å²) in [5.41, 5.74) is 3.94. The number of urea groups is 1. The minimum Gasteiger partial charge on any atom is -0.311 e. The van der Waals surface area contributed by atoms with Gasteiger partial charge in [0.1, 0.15) is 0 Å². The fourth-order valence-corrected chi connectivity index (χ4v) is 4.77. The average Bonchev–Trinajstić information content (AvgIpc) is 3.29. The Morgan fingerprint density at radius 3 is 2.60 bits per heavy atom. The highest BCUT2D eigenvalue weighted by Crippen LogP contribution is 2.33. The van der Waals surface area contributed by atoms with Crippen molar-refractivity contribution in [3.63, 3.8) is 0 Å². The SMILES string of the molecule is CN1C(=O)[C@H](NC(=O)Nc2cccc(-c3nnn(C)n3)c2)N=C(C2CCCCC2)c2ccccc21. The number of anilines is 2. The predicted molar refractivity (Wildman–Crippen MR) is 133 cm³/mol. The summed E-state index contributed by atoms with van der Waals surface area (Å²) in [5.74, 6) is 0.445. The summed E-state index contributed by atoms with van der Waals surface area (Å²) in [6, 6.07) is 14.5. The van der Waals surface area contributed by atoms with Gasteiger partial charge in [-0.05, 0) is 36.3 Å². The maximum absolute atomic E-state index is 13.3. The van der Waals surface area contributed by atoms with Crippen molar-refractivity contribution in [1.82, 2.24) is 25.5 Å². The molecule has 0 unspecified atom stereocenters. The van der Waals surface area contributed by atoms with Gasteiger partial charge in [0, 0.05) is 29.8 Å². The van der Waals surface area contributed by atoms with Crippen LogP contribution >= 0.6 is 0 Å². The summed E-state index contributed by atoms with van der Waals surface area (Å²) in [6.45, 7) is 0. The molecular formula is C25H28N8O2. The van der Waals surface area contributed by atoms with Gasteiger partial charge in [0.15, 0.2) is 0 Å². The van der Waals surface area contributed by atoms with Crippen molar-refractivity contribution in [1.29, 1.82) is 0 Å². The summed E-state index contributed by atoms with van der Waals surface area (Å²) in [7, 11) is 3.41. The summed E-state index contributed by atoms with van der Waals surface area (Å²) in [4.78, 5) is 34.1. The molecule has 2 aliphatic rings. The number of tetrazole rings is 1. The first-order valence-electron chi connectivity index (χ1n) is 11.9. The molecule has 5 rings (SSSR count). The molecule has 1 saturated carbocycles. The average molecular weight is 473 g/mol. The van der Waals surface area contributed by atoms with Crippen molar-refractivity contribution in [2.24, 2.45) is 18.0 Å². The van der Waals surface area contributed by atoms with E-state index in [0.717, 1.165) is 42.6 Å². The van der Waals surface area contributed by atoms with Gasteiger partial charge in [-0.1, -0.05) is 49.6 Å². The normalized spacial score (nSPS) is 18.5. The van der Waals surface area contributed by atoms with Crippen LogP contribution in [0.15, 0.2) is 53.5 Å². The zero-order valence-electron chi connectivity index (χ0n) is 19.8. The maximum Gasteiger partial charge on any atom is 0.321 e. The number of benzene rings is 2. The molecule has 35 heavy (non-hydrogen) atoms. The number of carbonyl (C=O) groups excluding carboxylic acids is 2. The van der Waals surface area contributed by atoms with Crippen molar-refractivity contribution < 1.29 is 9.59 Å². The van der Waals surface area contributed by atoms with E-state index in [0.29, 0.717) is 17.1 Å². The van der Waals surface area contributed by atoms with Crippen molar-refractivity contribution in [3.05, 3.63) is 54.1 Å². The fourth-order valence-electron chi connectivity index (χ4n) is 4.77. The van der Waals surface area contributed by atoms with Gasteiger partial charge in [-0.2, -0.15) is 4.80 Å². The second-order valence-electron chi connectivity index (χ2n) is 8.95. The lowest BCUT2D eigenvalue weighted by Crippen LogP contribution is -2.47. The quantitative estimate of drug-likeness (QED) is 0.604. The van der Waals surface area contributed by atoms with E-state index in [9.17, 15) is 9.59 Å². The smallest absolute Gasteiger partial charge is 0.311 e. The molecule has 1 atom stereocenters. The van der Waals surface area contributed by atoms with E-state index >= 15 is 0 Å². The van der Waals surface area contributed by atoms with E-state index in [2.05, 4.69) is 26.0 Å². The van der Waals surface area contributed by atoms with E-state index in [-0.39, 0.29) is 11.8 Å². The molecule has 0 bridgehead atoms. The van der Waals surface area contributed by atoms with Crippen molar-refractivity contribution in [3.8, 4) is 11.4 Å². The number of aryl methyl sites for hydroxylation is 1. The van der Waals surface area contributed by atoms with Gasteiger partial charge in [-0.25, -0.2) is 4.79 Å². The number of nitrogens with one attached hydrogen (secondary N) is 2. The molecule has 2 aromatic carbocycles. The van der Waals surface area contributed by atoms with Gasteiger partial charge in [0.05, 0.1) is 18.4 Å². The van der Waals surface area contributed by atoms with Crippen LogP contribution in [0.25, 0.3) is 11.4 Å². The zero-order chi connectivity index (χ0) is 24.4. The summed E-state index contributed by atoms with van der Waals surface area (Å²) >= 11 is 0. The molecule has 3 amide bonds. The summed E-state index contributed by atoms with van der Waals surface area (Å²) in [5, 5.41) is 17.6. The van der Waals surface area contributed by atoms with Crippen LogP contribution in [0.5, 0.6) is 0 Å². The Morgan fingerprint density at radius 1 is 1.03 bits per heavy atom. The van der Waals surface area contributed by atoms with E-state index < -0.39 is 12.2 Å². The van der Waals surface area contributed by atoms with Gasteiger partial charge in [0.2, 0.25) is 12.0 Å². The van der Waals surface area contributed by atoms with Gasteiger partial charge >= 0.3 is 6.03 Å². The number of hydrogen-bond donors (Lipinski definition) is 2. The number of aliphatic imine (C=N–C) groups is 1. The van der Waals surface area contributed by atoms with Crippen LogP contribution in [-0.2, 0) is 11.8 Å². The van der Waals surface area contributed by atoms with E-state index in [1.54, 1.807) is 37.2 Å². The first-order chi connectivity index (χ1) is 17.0. The first-order valence-corrected chi connectivity index (χ1v) is 11.9. The highest BCUT2D eigenvalue weighted by molar-refractivity contribution is 6.14. The monoisotopic (exact) mass is 472 g/mol. The topological polar surface area (TPSA) is 117 Å². The fraction of sp³-hybridized carbons (Fsp3) is 0.360. The molecule has 10 heteroatoms. The van der Waals surface area contributed by atoms with E-state index in [1.165, 1.54) is 11.2 Å². The molecule has 1 aliphatic carbocycles. The van der Waals surface area contributed by atoms with Crippen LogP contribution in [0.4, 0.5) is 16.2 Å². The van der Waals surface area contributed by atoms with Crippen molar-refractivity contribution in [2.45, 2.75) is 38.3 Å². The number of benzodiazepines with no additional fused rings is 1. The van der Waals surface area contributed by atoms with Crippen LogP contribution in [-0.4, -0.2) is 51.1 Å². The molecule has 2 N–H and O–H groups in total. The van der Waals surface area contributed by atoms with E-state index in [1.807, 2.05) is 30.3 Å². The molecule has 180 valence electrons. The Kier molecular flexibility index (Phi) is 6.26. The van der Waals surface area contributed by atoms with Crippen LogP contribution in [0.1, 0.15) is 37.7 Å². The van der Waals surface area contributed by atoms with Gasteiger partial charge in [-0.15, -0.1) is 10.2 Å². The highest BCUT2D eigenvalue weighted by atomic mass is 16.2. The number of likely N-dealkylation sites (N-methyl/N-ethyl adjacent to an activating group) is 1. The van der Waals surface area contributed by atoms with Crippen molar-refractivity contribution in [2.75, 3.05) is 17.3 Å².